The van der Waals surface area contributed by atoms with E-state index >= 15 is 0 Å². The maximum Gasteiger partial charge on any atom is 0.410 e. The molecule has 0 radical (unpaired) electrons. The van der Waals surface area contributed by atoms with Crippen LogP contribution in [-0.4, -0.2) is 87.8 Å². The summed E-state index contributed by atoms with van der Waals surface area (Å²) in [5.41, 5.74) is 4.80. The lowest BCUT2D eigenvalue weighted by Gasteiger charge is -2.38. The molecule has 10 nitrogen and oxygen atoms in total. The highest BCUT2D eigenvalue weighted by atomic mass is 19.1. The monoisotopic (exact) mass is 638 g/mol. The Morgan fingerprint density at radius 3 is 2.45 bits per heavy atom. The van der Waals surface area contributed by atoms with Gasteiger partial charge in [-0.25, -0.2) is 14.0 Å². The van der Waals surface area contributed by atoms with Gasteiger partial charge >= 0.3 is 12.1 Å². The average Bonchev–Trinajstić information content (AvgIpc) is 3.50. The third kappa shape index (κ3) is 6.79. The molecule has 1 atom stereocenters. The lowest BCUT2D eigenvalue weighted by Crippen LogP contribution is -2.51. The van der Waals surface area contributed by atoms with E-state index in [1.165, 1.54) is 12.1 Å². The second-order valence-corrected chi connectivity index (χ2v) is 12.8. The lowest BCUT2D eigenvalue weighted by atomic mass is 9.89. The average molecular weight is 639 g/mol. The topological polar surface area (TPSA) is 111 Å². The summed E-state index contributed by atoms with van der Waals surface area (Å²) in [6.45, 7) is 2.55. The van der Waals surface area contributed by atoms with Crippen LogP contribution in [0, 0.1) is 5.82 Å². The van der Waals surface area contributed by atoms with Crippen molar-refractivity contribution in [2.24, 2.45) is 0 Å². The summed E-state index contributed by atoms with van der Waals surface area (Å²) in [6, 6.07) is 20.1. The van der Waals surface area contributed by atoms with E-state index in [2.05, 4.69) is 15.5 Å². The number of amides is 4. The van der Waals surface area contributed by atoms with Crippen molar-refractivity contribution < 1.29 is 23.5 Å². The number of rotatable bonds is 6. The number of hydrogen-bond acceptors (Lipinski definition) is 5. The fourth-order valence-electron chi connectivity index (χ4n) is 7.18. The summed E-state index contributed by atoms with van der Waals surface area (Å²) < 4.78 is 19.5. The van der Waals surface area contributed by atoms with Crippen molar-refractivity contribution in [1.82, 2.24) is 24.9 Å². The Balaban J connectivity index is 0.997. The Bertz CT molecular complexity index is 1740. The molecule has 7 rings (SSSR count). The second-order valence-electron chi connectivity index (χ2n) is 12.8. The molecule has 2 fully saturated rings. The lowest BCUT2D eigenvalue weighted by molar-refractivity contribution is -0.142. The minimum atomic E-state index is -0.984. The van der Waals surface area contributed by atoms with E-state index in [9.17, 15) is 18.8 Å². The Morgan fingerprint density at radius 1 is 0.915 bits per heavy atom. The normalized spacial score (nSPS) is 18.4. The van der Waals surface area contributed by atoms with E-state index in [0.717, 1.165) is 52.5 Å². The number of anilines is 1. The van der Waals surface area contributed by atoms with E-state index < -0.39 is 12.2 Å². The fourth-order valence-corrected chi connectivity index (χ4v) is 7.18. The first-order valence-electron chi connectivity index (χ1n) is 16.5. The maximum absolute atomic E-state index is 14.0. The number of benzene rings is 3. The molecule has 0 aliphatic carbocycles. The number of hydrogen-bond donors (Lipinski definition) is 2. The quantitative estimate of drug-likeness (QED) is 0.281. The molecular formula is C36H39FN6O4. The van der Waals surface area contributed by atoms with Crippen molar-refractivity contribution in [2.45, 2.75) is 56.6 Å². The summed E-state index contributed by atoms with van der Waals surface area (Å²) in [6.07, 6.45) is 4.01. The van der Waals surface area contributed by atoms with Crippen LogP contribution in [0.5, 0.6) is 0 Å². The van der Waals surface area contributed by atoms with Gasteiger partial charge in [-0.15, -0.1) is 0 Å². The van der Waals surface area contributed by atoms with Crippen molar-refractivity contribution in [3.05, 3.63) is 95.4 Å². The van der Waals surface area contributed by atoms with Gasteiger partial charge in [0.2, 0.25) is 0 Å². The molecule has 2 N–H and O–H groups in total. The molecule has 0 unspecified atom stereocenters. The van der Waals surface area contributed by atoms with Gasteiger partial charge < -0.3 is 24.8 Å². The Hall–Kier alpha value is -4.93. The molecule has 11 heteroatoms. The zero-order valence-corrected chi connectivity index (χ0v) is 26.2. The number of para-hydroxylation sites is 1. The van der Waals surface area contributed by atoms with E-state index in [1.807, 2.05) is 59.5 Å². The van der Waals surface area contributed by atoms with Gasteiger partial charge in [0, 0.05) is 56.3 Å². The van der Waals surface area contributed by atoms with Gasteiger partial charge in [0.1, 0.15) is 5.82 Å². The number of piperidine rings is 2. The summed E-state index contributed by atoms with van der Waals surface area (Å²) in [5.74, 6) is -0.230. The molecule has 4 aromatic rings. The number of aromatic nitrogens is 2. The maximum atomic E-state index is 14.0. The molecule has 4 amide bonds. The first-order valence-corrected chi connectivity index (χ1v) is 16.5. The smallest absolute Gasteiger partial charge is 0.410 e. The first kappa shape index (κ1) is 30.7. The van der Waals surface area contributed by atoms with Crippen LogP contribution in [0.25, 0.3) is 10.9 Å². The van der Waals surface area contributed by atoms with Crippen LogP contribution in [0.2, 0.25) is 0 Å². The number of ether oxygens (including phenoxy) is 1. The van der Waals surface area contributed by atoms with Crippen molar-refractivity contribution in [3.8, 4) is 0 Å². The summed E-state index contributed by atoms with van der Waals surface area (Å²) >= 11 is 0. The predicted molar refractivity (Wildman–Crippen MR) is 175 cm³/mol. The van der Waals surface area contributed by atoms with Gasteiger partial charge in [-0.1, -0.05) is 36.4 Å². The van der Waals surface area contributed by atoms with Crippen molar-refractivity contribution in [3.63, 3.8) is 0 Å². The Kier molecular flexibility index (Phi) is 8.78. The van der Waals surface area contributed by atoms with Crippen molar-refractivity contribution in [1.29, 1.82) is 0 Å². The number of urea groups is 1. The number of halogens is 1. The van der Waals surface area contributed by atoms with Crippen LogP contribution in [0.1, 0.15) is 48.3 Å². The first-order chi connectivity index (χ1) is 22.9. The Labute approximate surface area is 272 Å². The summed E-state index contributed by atoms with van der Waals surface area (Å²) in [4.78, 5) is 45.9. The third-order valence-electron chi connectivity index (χ3n) is 9.90. The number of nitrogens with zero attached hydrogens (tertiary/aromatic N) is 4. The number of aromatic amines is 1. The third-order valence-corrected chi connectivity index (χ3v) is 9.90. The zero-order valence-electron chi connectivity index (χ0n) is 26.2. The SMILES string of the molecule is O=C(O[C@H](Cc1ccc2[nH]ncc2c1)C(=O)N1CCC(c2ccc(F)cc2)CC1)N1CCC(N2CCc3ccccc3NC2=O)CC1. The van der Waals surface area contributed by atoms with E-state index in [-0.39, 0.29) is 36.1 Å². The molecule has 244 valence electrons. The largest absolute Gasteiger partial charge is 0.436 e. The van der Waals surface area contributed by atoms with E-state index in [1.54, 1.807) is 16.0 Å². The van der Waals surface area contributed by atoms with Crippen LogP contribution in [0.4, 0.5) is 19.7 Å². The van der Waals surface area contributed by atoms with Gasteiger partial charge in [-0.05, 0) is 85.0 Å². The highest BCUT2D eigenvalue weighted by molar-refractivity contribution is 5.91. The molecular weight excluding hydrogens is 599 g/mol. The highest BCUT2D eigenvalue weighted by Gasteiger charge is 2.35. The minimum Gasteiger partial charge on any atom is -0.436 e. The van der Waals surface area contributed by atoms with Crippen molar-refractivity contribution in [2.75, 3.05) is 38.0 Å². The molecule has 0 saturated carbocycles. The van der Waals surface area contributed by atoms with Gasteiger partial charge in [-0.2, -0.15) is 5.10 Å². The minimum absolute atomic E-state index is 0.00915. The molecule has 0 bridgehead atoms. The molecule has 3 aliphatic rings. The molecule has 1 aromatic heterocycles. The van der Waals surface area contributed by atoms with E-state index in [4.69, 9.17) is 4.74 Å². The predicted octanol–water partition coefficient (Wildman–Crippen LogP) is 5.71. The summed E-state index contributed by atoms with van der Waals surface area (Å²) in [5, 5.41) is 11.0. The van der Waals surface area contributed by atoms with Crippen LogP contribution in [0.3, 0.4) is 0 Å². The summed E-state index contributed by atoms with van der Waals surface area (Å²) in [7, 11) is 0. The number of carbonyl (C=O) groups excluding carboxylic acids is 3. The van der Waals surface area contributed by atoms with E-state index in [0.29, 0.717) is 45.6 Å². The standard InChI is InChI=1S/C36H39FN6O4/c37-29-8-6-25(7-9-29)26-11-16-41(17-12-26)34(44)33(22-24-5-10-32-28(21-24)23-38-40-32)47-36(46)42-18-14-30(15-19-42)43-20-13-27-3-1-2-4-31(27)39-35(43)45/h1-10,21,23,26,30,33H,11-20,22H2,(H,38,40)(H,39,45)/t33-/m1/s1. The Morgan fingerprint density at radius 2 is 1.66 bits per heavy atom. The molecule has 3 aromatic carbocycles. The molecule has 47 heavy (non-hydrogen) atoms. The van der Waals surface area contributed by atoms with Gasteiger partial charge in [0.15, 0.2) is 6.10 Å². The van der Waals surface area contributed by atoms with Gasteiger partial charge in [0.25, 0.3) is 5.91 Å². The highest BCUT2D eigenvalue weighted by Crippen LogP contribution is 2.30. The number of carbonyl (C=O) groups is 3. The zero-order chi connectivity index (χ0) is 32.3. The van der Waals surface area contributed by atoms with Crippen LogP contribution in [-0.2, 0) is 22.4 Å². The molecule has 0 spiro atoms. The van der Waals surface area contributed by atoms with Crippen LogP contribution >= 0.6 is 0 Å². The number of nitrogens with one attached hydrogen (secondary N) is 2. The molecule has 2 saturated heterocycles. The fraction of sp³-hybridized carbons (Fsp3) is 0.389. The van der Waals surface area contributed by atoms with Gasteiger partial charge in [-0.3, -0.25) is 9.89 Å². The number of H-pyrrole nitrogens is 1. The number of fused-ring (bicyclic) bond motifs is 2. The van der Waals surface area contributed by atoms with Crippen LogP contribution in [0.15, 0.2) is 72.9 Å². The number of likely N-dealkylation sites (tertiary alicyclic amines) is 2. The van der Waals surface area contributed by atoms with Crippen molar-refractivity contribution >= 4 is 34.6 Å². The molecule has 3 aliphatic heterocycles. The second kappa shape index (κ2) is 13.4. The molecule has 4 heterocycles. The van der Waals surface area contributed by atoms with Gasteiger partial charge in [0.05, 0.1) is 11.7 Å². The van der Waals surface area contributed by atoms with Crippen LogP contribution < -0.4 is 5.32 Å².